The molecule has 1 heterocycles. The summed E-state index contributed by atoms with van der Waals surface area (Å²) in [7, 11) is -3.65. The van der Waals surface area contributed by atoms with Crippen molar-refractivity contribution in [3.8, 4) is 0 Å². The third kappa shape index (κ3) is 7.00. The van der Waals surface area contributed by atoms with E-state index in [-0.39, 0.29) is 32.1 Å². The molecule has 1 fully saturated rings. The van der Waals surface area contributed by atoms with Gasteiger partial charge in [0.15, 0.2) is 0 Å². The van der Waals surface area contributed by atoms with Crippen molar-refractivity contribution in [2.24, 2.45) is 0 Å². The fourth-order valence-corrected chi connectivity index (χ4v) is 2.82. The summed E-state index contributed by atoms with van der Waals surface area (Å²) < 4.78 is 36.5. The van der Waals surface area contributed by atoms with Crippen LogP contribution < -0.4 is 15.5 Å². The lowest BCUT2D eigenvalue weighted by atomic mass is 10.1. The molecule has 3 N–H and O–H groups in total. The molecular formula is C17H22N4O8S. The Morgan fingerprint density at radius 2 is 1.97 bits per heavy atom. The van der Waals surface area contributed by atoms with Crippen LogP contribution in [0.5, 0.6) is 0 Å². The number of amidine groups is 1. The van der Waals surface area contributed by atoms with Crippen molar-refractivity contribution >= 4 is 39.7 Å². The molecule has 0 bridgehead atoms. The van der Waals surface area contributed by atoms with E-state index in [0.29, 0.717) is 11.3 Å². The Hall–Kier alpha value is -3.19. The molecule has 1 unspecified atom stereocenters. The Balaban J connectivity index is 1.89. The minimum atomic E-state index is -3.65. The number of nitrogens with one attached hydrogen (secondary N) is 3. The van der Waals surface area contributed by atoms with Gasteiger partial charge in [-0.25, -0.2) is 9.59 Å². The van der Waals surface area contributed by atoms with Gasteiger partial charge in [0.05, 0.1) is 19.4 Å². The minimum absolute atomic E-state index is 0.0969. The van der Waals surface area contributed by atoms with E-state index >= 15 is 0 Å². The van der Waals surface area contributed by atoms with E-state index in [4.69, 9.17) is 10.1 Å². The number of hydrogen-bond donors (Lipinski definition) is 3. The summed E-state index contributed by atoms with van der Waals surface area (Å²) in [5.41, 5.74) is 0.819. The SMILES string of the molecule is CCOC(=O)CNC(=O)NC(=N)c1ccc(N2CC(COS(C)(=O)=O)OC2=O)cc1. The molecule has 0 aromatic heterocycles. The standard InChI is InChI=1S/C17H22N4O8S/c1-3-27-14(22)8-19-16(23)20-15(18)11-4-6-12(7-5-11)21-9-13(29-17(21)24)10-28-30(2,25)26/h4-7,13H,3,8-10H2,1-2H3,(H3,18,19,20,23). The highest BCUT2D eigenvalue weighted by atomic mass is 32.2. The molecule has 1 saturated heterocycles. The Kier molecular flexibility index (Phi) is 7.72. The van der Waals surface area contributed by atoms with Gasteiger partial charge in [-0.3, -0.25) is 24.6 Å². The van der Waals surface area contributed by atoms with Crippen molar-refractivity contribution in [1.29, 1.82) is 5.41 Å². The first-order chi connectivity index (χ1) is 14.1. The Labute approximate surface area is 173 Å². The number of cyclic esters (lactones) is 1. The van der Waals surface area contributed by atoms with Crippen LogP contribution in [0.1, 0.15) is 12.5 Å². The van der Waals surface area contributed by atoms with Gasteiger partial charge in [0.2, 0.25) is 0 Å². The van der Waals surface area contributed by atoms with Crippen LogP contribution in [-0.2, 0) is 28.6 Å². The first-order valence-electron chi connectivity index (χ1n) is 8.81. The number of hydrogen-bond acceptors (Lipinski definition) is 9. The molecule has 0 saturated carbocycles. The molecule has 1 atom stereocenters. The molecule has 3 amide bonds. The van der Waals surface area contributed by atoms with Gasteiger partial charge in [-0.2, -0.15) is 8.42 Å². The van der Waals surface area contributed by atoms with Gasteiger partial charge in [0, 0.05) is 11.3 Å². The Morgan fingerprint density at radius 3 is 2.57 bits per heavy atom. The van der Waals surface area contributed by atoms with Gasteiger partial charge in [0.25, 0.3) is 10.1 Å². The maximum Gasteiger partial charge on any atom is 0.414 e. The van der Waals surface area contributed by atoms with E-state index < -0.39 is 34.3 Å². The number of carbonyl (C=O) groups excluding carboxylic acids is 3. The number of esters is 1. The molecule has 0 aliphatic carbocycles. The van der Waals surface area contributed by atoms with Crippen molar-refractivity contribution in [2.75, 3.05) is 37.5 Å². The van der Waals surface area contributed by atoms with Gasteiger partial charge >= 0.3 is 18.1 Å². The number of ether oxygens (including phenoxy) is 2. The van der Waals surface area contributed by atoms with Crippen LogP contribution in [-0.4, -0.2) is 71.0 Å². The predicted molar refractivity (Wildman–Crippen MR) is 105 cm³/mol. The Bertz CT molecular complexity index is 916. The van der Waals surface area contributed by atoms with Crippen LogP contribution in [0.3, 0.4) is 0 Å². The van der Waals surface area contributed by atoms with E-state index in [1.807, 2.05) is 0 Å². The maximum atomic E-state index is 12.0. The smallest absolute Gasteiger partial charge is 0.414 e. The van der Waals surface area contributed by atoms with Gasteiger partial charge in [-0.15, -0.1) is 0 Å². The lowest BCUT2D eigenvalue weighted by Crippen LogP contribution is -2.42. The van der Waals surface area contributed by atoms with Gasteiger partial charge in [-0.1, -0.05) is 0 Å². The molecule has 12 nitrogen and oxygen atoms in total. The number of rotatable bonds is 8. The molecular weight excluding hydrogens is 420 g/mol. The molecule has 13 heteroatoms. The number of nitrogens with zero attached hydrogens (tertiary/aromatic N) is 1. The minimum Gasteiger partial charge on any atom is -0.465 e. The second-order valence-electron chi connectivity index (χ2n) is 6.14. The topological polar surface area (TPSA) is 164 Å². The zero-order valence-corrected chi connectivity index (χ0v) is 17.2. The zero-order chi connectivity index (χ0) is 22.3. The quantitative estimate of drug-likeness (QED) is 0.222. The van der Waals surface area contributed by atoms with Crippen LogP contribution >= 0.6 is 0 Å². The lowest BCUT2D eigenvalue weighted by molar-refractivity contribution is -0.141. The number of benzene rings is 1. The number of anilines is 1. The summed E-state index contributed by atoms with van der Waals surface area (Å²) in [6.07, 6.45) is -0.494. The summed E-state index contributed by atoms with van der Waals surface area (Å²) in [5.74, 6) is -0.812. The number of amides is 3. The third-order valence-electron chi connectivity index (χ3n) is 3.75. The van der Waals surface area contributed by atoms with Gasteiger partial charge in [0.1, 0.15) is 25.1 Å². The van der Waals surface area contributed by atoms with E-state index in [9.17, 15) is 22.8 Å². The van der Waals surface area contributed by atoms with Crippen molar-refractivity contribution in [3.05, 3.63) is 29.8 Å². The second-order valence-corrected chi connectivity index (χ2v) is 7.78. The number of carbonyl (C=O) groups is 3. The molecule has 1 aromatic carbocycles. The predicted octanol–water partition coefficient (Wildman–Crippen LogP) is 0.176. The average Bonchev–Trinajstić information content (AvgIpc) is 3.05. The van der Waals surface area contributed by atoms with E-state index in [1.54, 1.807) is 19.1 Å². The van der Waals surface area contributed by atoms with Gasteiger partial charge in [-0.05, 0) is 31.2 Å². The van der Waals surface area contributed by atoms with Crippen LogP contribution in [0.25, 0.3) is 0 Å². The highest BCUT2D eigenvalue weighted by molar-refractivity contribution is 7.85. The summed E-state index contributed by atoms with van der Waals surface area (Å²) in [4.78, 5) is 36.2. The van der Waals surface area contributed by atoms with Crippen LogP contribution in [0.2, 0.25) is 0 Å². The van der Waals surface area contributed by atoms with Gasteiger partial charge < -0.3 is 14.8 Å². The second kappa shape index (κ2) is 10.0. The molecule has 0 radical (unpaired) electrons. The number of urea groups is 1. The monoisotopic (exact) mass is 442 g/mol. The van der Waals surface area contributed by atoms with E-state index in [1.165, 1.54) is 17.0 Å². The fourth-order valence-electron chi connectivity index (χ4n) is 2.42. The maximum absolute atomic E-state index is 12.0. The fraction of sp³-hybridized carbons (Fsp3) is 0.412. The highest BCUT2D eigenvalue weighted by Gasteiger charge is 2.33. The van der Waals surface area contributed by atoms with Crippen LogP contribution in [0.4, 0.5) is 15.3 Å². The molecule has 2 rings (SSSR count). The normalized spacial score (nSPS) is 16.0. The molecule has 1 aliphatic rings. The highest BCUT2D eigenvalue weighted by Crippen LogP contribution is 2.22. The molecule has 1 aliphatic heterocycles. The molecule has 164 valence electrons. The first kappa shape index (κ1) is 23.1. The van der Waals surface area contributed by atoms with Crippen molar-refractivity contribution in [1.82, 2.24) is 10.6 Å². The average molecular weight is 442 g/mol. The summed E-state index contributed by atoms with van der Waals surface area (Å²) in [6.45, 7) is 1.32. The van der Waals surface area contributed by atoms with E-state index in [0.717, 1.165) is 6.26 Å². The van der Waals surface area contributed by atoms with Crippen molar-refractivity contribution in [3.63, 3.8) is 0 Å². The van der Waals surface area contributed by atoms with Crippen molar-refractivity contribution < 1.29 is 36.5 Å². The molecule has 1 aromatic rings. The molecule has 30 heavy (non-hydrogen) atoms. The van der Waals surface area contributed by atoms with Crippen LogP contribution in [0.15, 0.2) is 24.3 Å². The zero-order valence-electron chi connectivity index (χ0n) is 16.3. The Morgan fingerprint density at radius 1 is 1.30 bits per heavy atom. The van der Waals surface area contributed by atoms with Crippen molar-refractivity contribution in [2.45, 2.75) is 13.0 Å². The third-order valence-corrected chi connectivity index (χ3v) is 4.31. The largest absolute Gasteiger partial charge is 0.465 e. The lowest BCUT2D eigenvalue weighted by Gasteiger charge is -2.14. The first-order valence-corrected chi connectivity index (χ1v) is 10.6. The van der Waals surface area contributed by atoms with E-state index in [2.05, 4.69) is 19.6 Å². The summed E-state index contributed by atoms with van der Waals surface area (Å²) in [5, 5.41) is 12.5. The van der Waals surface area contributed by atoms with Crippen LogP contribution in [0, 0.1) is 5.41 Å². The molecule has 0 spiro atoms. The summed E-state index contributed by atoms with van der Waals surface area (Å²) >= 11 is 0. The summed E-state index contributed by atoms with van der Waals surface area (Å²) in [6, 6.07) is 5.37.